The third-order valence-electron chi connectivity index (χ3n) is 2.95. The summed E-state index contributed by atoms with van der Waals surface area (Å²) in [4.78, 5) is 13.4. The van der Waals surface area contributed by atoms with Crippen molar-refractivity contribution in [1.82, 2.24) is 4.90 Å². The van der Waals surface area contributed by atoms with Gasteiger partial charge in [0.05, 0.1) is 10.0 Å². The average Bonchev–Trinajstić information content (AvgIpc) is 2.34. The van der Waals surface area contributed by atoms with Gasteiger partial charge in [-0.3, -0.25) is 4.79 Å². The van der Waals surface area contributed by atoms with Crippen molar-refractivity contribution in [1.29, 1.82) is 0 Å². The minimum Gasteiger partial charge on any atom is -0.338 e. The molecule has 0 saturated carbocycles. The smallest absolute Gasteiger partial charge is 0.256 e. The zero-order valence-corrected chi connectivity index (χ0v) is 11.0. The van der Waals surface area contributed by atoms with Crippen LogP contribution in [0.15, 0.2) is 16.6 Å². The van der Waals surface area contributed by atoms with E-state index < -0.39 is 23.7 Å². The van der Waals surface area contributed by atoms with Crippen LogP contribution in [0.3, 0.4) is 0 Å². The fourth-order valence-corrected chi connectivity index (χ4v) is 2.25. The summed E-state index contributed by atoms with van der Waals surface area (Å²) in [5.74, 6) is -2.19. The lowest BCUT2D eigenvalue weighted by Crippen LogP contribution is -2.39. The molecule has 0 bridgehead atoms. The minimum atomic E-state index is -0.904. The molecule has 1 aliphatic heterocycles. The van der Waals surface area contributed by atoms with Crippen molar-refractivity contribution in [2.75, 3.05) is 13.1 Å². The van der Waals surface area contributed by atoms with Gasteiger partial charge >= 0.3 is 0 Å². The molecule has 0 atom stereocenters. The molecule has 0 spiro atoms. The van der Waals surface area contributed by atoms with Gasteiger partial charge in [-0.1, -0.05) is 0 Å². The Hall–Kier alpha value is -1.04. The number of halogens is 4. The van der Waals surface area contributed by atoms with Crippen LogP contribution in [0.4, 0.5) is 13.2 Å². The van der Waals surface area contributed by atoms with Crippen LogP contribution in [-0.2, 0) is 0 Å². The van der Waals surface area contributed by atoms with E-state index in [1.165, 1.54) is 4.90 Å². The van der Waals surface area contributed by atoms with Crippen molar-refractivity contribution < 1.29 is 18.0 Å². The molecule has 2 nitrogen and oxygen atoms in total. The molecule has 1 fully saturated rings. The number of carbonyl (C=O) groups excluding carboxylic acids is 1. The summed E-state index contributed by atoms with van der Waals surface area (Å²) in [6.07, 6.45) is -0.385. The summed E-state index contributed by atoms with van der Waals surface area (Å²) in [5, 5.41) is 0. The van der Waals surface area contributed by atoms with Gasteiger partial charge in [0.25, 0.3) is 5.91 Å². The van der Waals surface area contributed by atoms with E-state index in [9.17, 15) is 18.0 Å². The molecule has 2 rings (SSSR count). The van der Waals surface area contributed by atoms with E-state index in [4.69, 9.17) is 0 Å². The Bertz CT molecular complexity index is 473. The van der Waals surface area contributed by atoms with Crippen LogP contribution >= 0.6 is 15.9 Å². The molecule has 1 saturated heterocycles. The number of hydrogen-bond donors (Lipinski definition) is 0. The Balaban J connectivity index is 2.21. The first-order valence-corrected chi connectivity index (χ1v) is 6.36. The predicted octanol–water partition coefficient (Wildman–Crippen LogP) is 3.30. The highest BCUT2D eigenvalue weighted by Gasteiger charge is 2.25. The van der Waals surface area contributed by atoms with Crippen LogP contribution < -0.4 is 0 Å². The Morgan fingerprint density at radius 2 is 1.83 bits per heavy atom. The molecular weight excluding hydrogens is 311 g/mol. The summed E-state index contributed by atoms with van der Waals surface area (Å²) >= 11 is 2.91. The molecule has 1 aliphatic rings. The largest absolute Gasteiger partial charge is 0.338 e. The van der Waals surface area contributed by atoms with Crippen molar-refractivity contribution in [3.63, 3.8) is 0 Å². The minimum absolute atomic E-state index is 0.0348. The second-order valence-corrected chi connectivity index (χ2v) is 5.07. The lowest BCUT2D eigenvalue weighted by atomic mass is 10.1. The molecule has 1 amide bonds. The summed E-state index contributed by atoms with van der Waals surface area (Å²) in [6.45, 7) is 0.517. The van der Waals surface area contributed by atoms with E-state index in [0.717, 1.165) is 6.07 Å². The van der Waals surface area contributed by atoms with E-state index in [1.54, 1.807) is 0 Å². The highest BCUT2D eigenvalue weighted by molar-refractivity contribution is 9.10. The highest BCUT2D eigenvalue weighted by Crippen LogP contribution is 2.23. The van der Waals surface area contributed by atoms with Gasteiger partial charge in [-0.05, 0) is 34.8 Å². The van der Waals surface area contributed by atoms with Crippen molar-refractivity contribution >= 4 is 21.8 Å². The number of rotatable bonds is 1. The van der Waals surface area contributed by atoms with E-state index in [-0.39, 0.29) is 36.0 Å². The molecule has 0 aromatic heterocycles. The Labute approximate surface area is 111 Å². The molecule has 1 aromatic carbocycles. The number of alkyl halides is 1. The van der Waals surface area contributed by atoms with E-state index >= 15 is 0 Å². The topological polar surface area (TPSA) is 20.3 Å². The Morgan fingerprint density at radius 3 is 2.44 bits per heavy atom. The SMILES string of the molecule is O=C(c1cc(Br)c(F)cc1F)N1CCC(F)CC1. The van der Waals surface area contributed by atoms with Crippen LogP contribution in [-0.4, -0.2) is 30.1 Å². The predicted molar refractivity (Wildman–Crippen MR) is 64.1 cm³/mol. The summed E-state index contributed by atoms with van der Waals surface area (Å²) in [6, 6.07) is 1.79. The molecule has 1 aromatic rings. The lowest BCUT2D eigenvalue weighted by Gasteiger charge is -2.28. The molecule has 18 heavy (non-hydrogen) atoms. The van der Waals surface area contributed by atoms with Gasteiger partial charge in [-0.15, -0.1) is 0 Å². The third kappa shape index (κ3) is 2.68. The second-order valence-electron chi connectivity index (χ2n) is 4.21. The molecule has 0 radical (unpaired) electrons. The van der Waals surface area contributed by atoms with Crippen molar-refractivity contribution in [3.8, 4) is 0 Å². The van der Waals surface area contributed by atoms with Crippen LogP contribution in [0.5, 0.6) is 0 Å². The monoisotopic (exact) mass is 321 g/mol. The van der Waals surface area contributed by atoms with Gasteiger partial charge in [0.2, 0.25) is 0 Å². The summed E-state index contributed by atoms with van der Waals surface area (Å²) < 4.78 is 39.6. The second kappa shape index (κ2) is 5.30. The lowest BCUT2D eigenvalue weighted by molar-refractivity contribution is 0.0662. The maximum atomic E-state index is 13.5. The quantitative estimate of drug-likeness (QED) is 0.727. The average molecular weight is 322 g/mol. The van der Waals surface area contributed by atoms with Crippen LogP contribution in [0.25, 0.3) is 0 Å². The Kier molecular flexibility index (Phi) is 3.94. The molecular formula is C12H11BrF3NO. The third-order valence-corrected chi connectivity index (χ3v) is 3.56. The van der Waals surface area contributed by atoms with Gasteiger partial charge in [0, 0.05) is 19.2 Å². The number of carbonyl (C=O) groups is 1. The van der Waals surface area contributed by atoms with E-state index in [1.807, 2.05) is 0 Å². The van der Waals surface area contributed by atoms with Gasteiger partial charge in [-0.2, -0.15) is 0 Å². The normalized spacial score (nSPS) is 17.0. The van der Waals surface area contributed by atoms with E-state index in [0.29, 0.717) is 6.07 Å². The van der Waals surface area contributed by atoms with Crippen molar-refractivity contribution in [2.24, 2.45) is 0 Å². The number of piperidine rings is 1. The van der Waals surface area contributed by atoms with Crippen molar-refractivity contribution in [2.45, 2.75) is 19.0 Å². The number of nitrogens with zero attached hydrogens (tertiary/aromatic N) is 1. The van der Waals surface area contributed by atoms with Crippen LogP contribution in [0, 0.1) is 11.6 Å². The van der Waals surface area contributed by atoms with Gasteiger partial charge in [0.1, 0.15) is 17.8 Å². The highest BCUT2D eigenvalue weighted by atomic mass is 79.9. The summed E-state index contributed by atoms with van der Waals surface area (Å²) in [5.41, 5.74) is -0.194. The summed E-state index contributed by atoms with van der Waals surface area (Å²) in [7, 11) is 0. The molecule has 0 unspecified atom stereocenters. The zero-order chi connectivity index (χ0) is 13.3. The Morgan fingerprint density at radius 1 is 1.22 bits per heavy atom. The fraction of sp³-hybridized carbons (Fsp3) is 0.417. The molecule has 0 N–H and O–H groups in total. The standard InChI is InChI=1S/C12H11BrF3NO/c13-9-5-8(10(15)6-11(9)16)12(18)17-3-1-7(14)2-4-17/h5-7H,1-4H2. The maximum Gasteiger partial charge on any atom is 0.256 e. The molecule has 1 heterocycles. The van der Waals surface area contributed by atoms with E-state index in [2.05, 4.69) is 15.9 Å². The maximum absolute atomic E-state index is 13.5. The fourth-order valence-electron chi connectivity index (χ4n) is 1.91. The number of likely N-dealkylation sites (tertiary alicyclic amines) is 1. The van der Waals surface area contributed by atoms with Gasteiger partial charge in [0.15, 0.2) is 0 Å². The van der Waals surface area contributed by atoms with Crippen molar-refractivity contribution in [3.05, 3.63) is 33.8 Å². The molecule has 6 heteroatoms. The van der Waals surface area contributed by atoms with Crippen LogP contribution in [0.1, 0.15) is 23.2 Å². The zero-order valence-electron chi connectivity index (χ0n) is 9.43. The van der Waals surface area contributed by atoms with Crippen LogP contribution in [0.2, 0.25) is 0 Å². The first-order chi connectivity index (χ1) is 8.49. The number of hydrogen-bond acceptors (Lipinski definition) is 1. The molecule has 0 aliphatic carbocycles. The first kappa shape index (κ1) is 13.4. The first-order valence-electron chi connectivity index (χ1n) is 5.57. The number of benzene rings is 1. The van der Waals surface area contributed by atoms with Gasteiger partial charge in [-0.25, -0.2) is 13.2 Å². The van der Waals surface area contributed by atoms with Gasteiger partial charge < -0.3 is 4.90 Å². The molecule has 98 valence electrons. The number of amides is 1.